The molecule has 0 atom stereocenters. The van der Waals surface area contributed by atoms with Crippen LogP contribution in [0.5, 0.6) is 0 Å². The van der Waals surface area contributed by atoms with Gasteiger partial charge in [-0.3, -0.25) is 10.1 Å². The molecule has 3 N–H and O–H groups in total. The quantitative estimate of drug-likeness (QED) is 0.630. The van der Waals surface area contributed by atoms with Crippen molar-refractivity contribution in [3.63, 3.8) is 0 Å². The number of nitrogens with two attached hydrogens (primary N) is 1. The average Bonchev–Trinajstić information content (AvgIpc) is 2.36. The van der Waals surface area contributed by atoms with E-state index < -0.39 is 11.9 Å². The first-order chi connectivity index (χ1) is 8.56. The Morgan fingerprint density at radius 1 is 1.44 bits per heavy atom. The maximum absolute atomic E-state index is 9.88. The number of nitrogens with zero attached hydrogens (tertiary/aromatic N) is 1. The molecule has 7 heteroatoms. The van der Waals surface area contributed by atoms with Crippen LogP contribution in [-0.4, -0.2) is 41.6 Å². The van der Waals surface area contributed by atoms with Gasteiger partial charge >= 0.3 is 5.97 Å². The number of carbonyl (C=O) groups excluding carboxylic acids is 1. The molecule has 0 spiro atoms. The molecule has 0 aromatic rings. The summed E-state index contributed by atoms with van der Waals surface area (Å²) < 4.78 is 0. The molecular formula is C11H20N2O4S. The molecule has 0 aromatic heterocycles. The van der Waals surface area contributed by atoms with Gasteiger partial charge in [-0.25, -0.2) is 4.99 Å². The van der Waals surface area contributed by atoms with Crippen LogP contribution in [0.4, 0.5) is 0 Å². The first-order valence-corrected chi connectivity index (χ1v) is 6.89. The standard InChI is InChI=1S/C6H10O4.C5H10N2S/c7-5(8)3-1-2-4-6(9)10;1-6-5-7-3-2-4-8-5/h1-4H2,(H,7,8)(H,9,10);2-4H2,1H3,(H,6,7). The van der Waals surface area contributed by atoms with Crippen molar-refractivity contribution in [3.05, 3.63) is 0 Å². The number of carboxylic acids is 2. The van der Waals surface area contributed by atoms with Crippen molar-refractivity contribution < 1.29 is 25.1 Å². The number of aliphatic imine (C=N–C) groups is 1. The molecule has 1 aliphatic heterocycles. The van der Waals surface area contributed by atoms with Crippen molar-refractivity contribution in [2.75, 3.05) is 19.3 Å². The zero-order valence-corrected chi connectivity index (χ0v) is 11.4. The lowest BCUT2D eigenvalue weighted by atomic mass is 10.2. The molecule has 0 saturated carbocycles. The van der Waals surface area contributed by atoms with Gasteiger partial charge in [0.15, 0.2) is 0 Å². The van der Waals surface area contributed by atoms with Crippen LogP contribution < -0.4 is 10.4 Å². The highest BCUT2D eigenvalue weighted by Crippen LogP contribution is 2.02. The van der Waals surface area contributed by atoms with E-state index in [4.69, 9.17) is 5.11 Å². The lowest BCUT2D eigenvalue weighted by molar-refractivity contribution is -0.535. The maximum atomic E-state index is 9.88. The molecule has 1 aliphatic rings. The van der Waals surface area contributed by atoms with Crippen LogP contribution >= 0.6 is 11.8 Å². The molecule has 0 bridgehead atoms. The number of carbonyl (C=O) groups is 2. The van der Waals surface area contributed by atoms with Crippen LogP contribution in [0.3, 0.4) is 0 Å². The van der Waals surface area contributed by atoms with Crippen molar-refractivity contribution in [2.45, 2.75) is 32.1 Å². The van der Waals surface area contributed by atoms with Crippen molar-refractivity contribution in [3.8, 4) is 0 Å². The minimum atomic E-state index is -1.12. The van der Waals surface area contributed by atoms with Crippen LogP contribution in [0.1, 0.15) is 32.1 Å². The summed E-state index contributed by atoms with van der Waals surface area (Å²) in [6.45, 7) is 1.22. The van der Waals surface area contributed by atoms with Gasteiger partial charge in [0.2, 0.25) is 0 Å². The topological polar surface area (TPSA) is 106 Å². The van der Waals surface area contributed by atoms with Crippen molar-refractivity contribution in [2.24, 2.45) is 4.99 Å². The zero-order valence-electron chi connectivity index (χ0n) is 10.6. The van der Waals surface area contributed by atoms with Gasteiger partial charge in [-0.05, 0) is 31.0 Å². The minimum Gasteiger partial charge on any atom is -0.550 e. The molecule has 0 aromatic carbocycles. The number of carboxylic acid groups (broad SMARTS) is 2. The smallest absolute Gasteiger partial charge is 0.303 e. The molecule has 18 heavy (non-hydrogen) atoms. The van der Waals surface area contributed by atoms with Gasteiger partial charge in [-0.2, -0.15) is 0 Å². The van der Waals surface area contributed by atoms with E-state index in [1.165, 1.54) is 23.9 Å². The second-order valence-electron chi connectivity index (χ2n) is 3.73. The number of hydrogen-bond donors (Lipinski definition) is 2. The molecule has 6 nitrogen and oxygen atoms in total. The average molecular weight is 276 g/mol. The fourth-order valence-electron chi connectivity index (χ4n) is 1.25. The Balaban J connectivity index is 0.000000327. The van der Waals surface area contributed by atoms with E-state index in [9.17, 15) is 14.7 Å². The number of quaternary nitrogens is 1. The third kappa shape index (κ3) is 11.4. The first-order valence-electron chi connectivity index (χ1n) is 5.90. The van der Waals surface area contributed by atoms with E-state index in [-0.39, 0.29) is 12.8 Å². The van der Waals surface area contributed by atoms with E-state index in [1.807, 2.05) is 18.8 Å². The number of rotatable bonds is 5. The van der Waals surface area contributed by atoms with Crippen molar-refractivity contribution in [1.29, 1.82) is 0 Å². The fourth-order valence-corrected chi connectivity index (χ4v) is 2.13. The fraction of sp³-hybridized carbons (Fsp3) is 0.727. The highest BCUT2D eigenvalue weighted by molar-refractivity contribution is 8.13. The van der Waals surface area contributed by atoms with Crippen molar-refractivity contribution in [1.82, 2.24) is 0 Å². The van der Waals surface area contributed by atoms with Gasteiger partial charge in [0, 0.05) is 31.6 Å². The Hall–Kier alpha value is -1.08. The van der Waals surface area contributed by atoms with Crippen LogP contribution in [0.2, 0.25) is 0 Å². The summed E-state index contributed by atoms with van der Waals surface area (Å²) in [7, 11) is 1.85. The second kappa shape index (κ2) is 11.0. The molecule has 0 unspecified atom stereocenters. The lowest BCUT2D eigenvalue weighted by Gasteiger charge is -2.07. The molecule has 104 valence electrons. The Morgan fingerprint density at radius 2 is 2.11 bits per heavy atom. The van der Waals surface area contributed by atoms with Crippen LogP contribution in [0.15, 0.2) is 4.99 Å². The molecule has 0 amide bonds. The number of unbranched alkanes of at least 4 members (excludes halogenated alkanes) is 1. The van der Waals surface area contributed by atoms with Gasteiger partial charge < -0.3 is 15.0 Å². The van der Waals surface area contributed by atoms with E-state index in [1.54, 1.807) is 0 Å². The third-order valence-corrected chi connectivity index (χ3v) is 3.30. The Morgan fingerprint density at radius 3 is 2.50 bits per heavy atom. The second-order valence-corrected chi connectivity index (χ2v) is 4.84. The Bertz CT molecular complexity index is 271. The summed E-state index contributed by atoms with van der Waals surface area (Å²) in [6, 6.07) is 0. The van der Waals surface area contributed by atoms with Crippen molar-refractivity contribution >= 4 is 28.9 Å². The highest BCUT2D eigenvalue weighted by Gasteiger charge is 2.08. The summed E-state index contributed by atoms with van der Waals surface area (Å²) in [4.78, 5) is 23.7. The molecular weight excluding hydrogens is 256 g/mol. The molecule has 0 radical (unpaired) electrons. The first kappa shape index (κ1) is 16.9. The number of amidine groups is 1. The maximum Gasteiger partial charge on any atom is 0.303 e. The minimum absolute atomic E-state index is 0.0350. The summed E-state index contributed by atoms with van der Waals surface area (Å²) in [5, 5.41) is 21.3. The summed E-state index contributed by atoms with van der Waals surface area (Å²) in [5.41, 5.74) is 0. The van der Waals surface area contributed by atoms with Gasteiger partial charge in [0.1, 0.15) is 0 Å². The van der Waals surface area contributed by atoms with Crippen LogP contribution in [0, 0.1) is 0 Å². The molecule has 0 aliphatic carbocycles. The molecule has 1 heterocycles. The molecule has 1 fully saturated rings. The zero-order chi connectivity index (χ0) is 13.8. The third-order valence-electron chi connectivity index (χ3n) is 2.16. The monoisotopic (exact) mass is 276 g/mol. The highest BCUT2D eigenvalue weighted by atomic mass is 32.2. The molecule has 1 rings (SSSR count). The predicted molar refractivity (Wildman–Crippen MR) is 68.3 cm³/mol. The SMILES string of the molecule is CN=C1[NH2+]CCCS1.O=C([O-])CCCCC(=O)O. The largest absolute Gasteiger partial charge is 0.550 e. The Kier molecular flexibility index (Phi) is 10.4. The Labute approximate surface area is 111 Å². The number of hydrogen-bond acceptors (Lipinski definition) is 5. The van der Waals surface area contributed by atoms with Crippen LogP contribution in [-0.2, 0) is 9.59 Å². The van der Waals surface area contributed by atoms with Gasteiger partial charge in [0.25, 0.3) is 5.17 Å². The lowest BCUT2D eigenvalue weighted by Crippen LogP contribution is -2.88. The van der Waals surface area contributed by atoms with E-state index in [0.29, 0.717) is 12.8 Å². The van der Waals surface area contributed by atoms with Gasteiger partial charge in [-0.1, -0.05) is 0 Å². The van der Waals surface area contributed by atoms with E-state index in [0.717, 1.165) is 0 Å². The summed E-state index contributed by atoms with van der Waals surface area (Å²) in [6.07, 6.45) is 2.10. The predicted octanol–water partition coefficient (Wildman–Crippen LogP) is -0.946. The van der Waals surface area contributed by atoms with E-state index in [2.05, 4.69) is 10.3 Å². The summed E-state index contributed by atoms with van der Waals surface area (Å²) in [5.74, 6) is -0.757. The van der Waals surface area contributed by atoms with Crippen LogP contribution in [0.25, 0.3) is 0 Å². The number of aliphatic carboxylic acids is 2. The van der Waals surface area contributed by atoms with E-state index >= 15 is 0 Å². The van der Waals surface area contributed by atoms with Gasteiger partial charge in [-0.15, -0.1) is 0 Å². The molecule has 1 saturated heterocycles. The summed E-state index contributed by atoms with van der Waals surface area (Å²) >= 11 is 1.86. The van der Waals surface area contributed by atoms with Gasteiger partial charge in [0.05, 0.1) is 6.54 Å². The normalized spacial score (nSPS) is 16.8. The number of thioether (sulfide) groups is 1.